The topological polar surface area (TPSA) is 71.1 Å². The summed E-state index contributed by atoms with van der Waals surface area (Å²) >= 11 is 0. The lowest BCUT2D eigenvalue weighted by atomic mass is 10.2. The summed E-state index contributed by atoms with van der Waals surface area (Å²) in [5.74, 6) is 0.676. The summed E-state index contributed by atoms with van der Waals surface area (Å²) in [7, 11) is 1.84. The predicted molar refractivity (Wildman–Crippen MR) is 80.9 cm³/mol. The second kappa shape index (κ2) is 5.51. The van der Waals surface area contributed by atoms with Crippen LogP contribution in [0.1, 0.15) is 12.7 Å². The average molecular weight is 300 g/mol. The summed E-state index contributed by atoms with van der Waals surface area (Å²) in [6.07, 6.45) is 2.87. The number of nitrogens with zero attached hydrogens (tertiary/aromatic N) is 4. The number of ether oxygens (including phenoxy) is 1. The highest BCUT2D eigenvalue weighted by molar-refractivity contribution is 5.87. The first-order valence-electron chi connectivity index (χ1n) is 6.97. The van der Waals surface area contributed by atoms with Gasteiger partial charge in [0.25, 0.3) is 5.56 Å². The smallest absolute Gasteiger partial charge is 0.433 e. The van der Waals surface area contributed by atoms with E-state index >= 15 is 0 Å². The van der Waals surface area contributed by atoms with Crippen molar-refractivity contribution >= 4 is 17.0 Å². The van der Waals surface area contributed by atoms with Crippen molar-refractivity contribution in [3.8, 4) is 0 Å². The molecule has 1 aromatic carbocycles. The summed E-state index contributed by atoms with van der Waals surface area (Å²) < 4.78 is 9.51. The molecular formula is C15H16N4O3. The van der Waals surface area contributed by atoms with Crippen molar-refractivity contribution in [1.82, 2.24) is 18.9 Å². The lowest BCUT2D eigenvalue weighted by Gasteiger charge is -2.11. The van der Waals surface area contributed by atoms with Gasteiger partial charge in [-0.3, -0.25) is 4.79 Å². The lowest BCUT2D eigenvalue weighted by Crippen LogP contribution is -2.29. The van der Waals surface area contributed by atoms with Crippen LogP contribution in [0.3, 0.4) is 0 Å². The van der Waals surface area contributed by atoms with Crippen LogP contribution in [0.25, 0.3) is 10.9 Å². The number of aryl methyl sites for hydroxylation is 1. The number of aromatic nitrogens is 4. The molecule has 0 saturated heterocycles. The van der Waals surface area contributed by atoms with E-state index in [1.54, 1.807) is 48.1 Å². The molecule has 3 aromatic rings. The van der Waals surface area contributed by atoms with E-state index in [0.29, 0.717) is 16.7 Å². The summed E-state index contributed by atoms with van der Waals surface area (Å²) in [6, 6.07) is 6.97. The molecule has 0 bridgehead atoms. The average Bonchev–Trinajstić information content (AvgIpc) is 3.03. The molecule has 2 heterocycles. The molecular weight excluding hydrogens is 284 g/mol. The molecule has 0 radical (unpaired) electrons. The number of carbonyl (C=O) groups excluding carboxylic acids is 1. The number of rotatable bonds is 3. The Hall–Kier alpha value is -2.83. The van der Waals surface area contributed by atoms with Gasteiger partial charge >= 0.3 is 6.09 Å². The monoisotopic (exact) mass is 300 g/mol. The highest BCUT2D eigenvalue weighted by Crippen LogP contribution is 2.12. The number of carbonyl (C=O) groups is 1. The van der Waals surface area contributed by atoms with Crippen molar-refractivity contribution in [2.24, 2.45) is 7.05 Å². The number of benzene rings is 1. The van der Waals surface area contributed by atoms with E-state index in [1.807, 2.05) is 7.05 Å². The van der Waals surface area contributed by atoms with Gasteiger partial charge in [-0.15, -0.1) is 0 Å². The molecule has 22 heavy (non-hydrogen) atoms. The van der Waals surface area contributed by atoms with Crippen molar-refractivity contribution in [2.75, 3.05) is 6.61 Å². The molecule has 0 atom stereocenters. The molecule has 0 saturated carbocycles. The van der Waals surface area contributed by atoms with E-state index in [4.69, 9.17) is 4.74 Å². The van der Waals surface area contributed by atoms with Gasteiger partial charge in [0.1, 0.15) is 12.4 Å². The van der Waals surface area contributed by atoms with Crippen molar-refractivity contribution in [2.45, 2.75) is 13.5 Å². The fourth-order valence-corrected chi connectivity index (χ4v) is 2.41. The minimum absolute atomic E-state index is 0.190. The number of hydrogen-bond acceptors (Lipinski definition) is 4. The zero-order valence-electron chi connectivity index (χ0n) is 12.4. The first-order chi connectivity index (χ1) is 10.6. The Balaban J connectivity index is 2.21. The van der Waals surface area contributed by atoms with Crippen LogP contribution in [0.5, 0.6) is 0 Å². The molecule has 0 N–H and O–H groups in total. The van der Waals surface area contributed by atoms with Crippen LogP contribution in [-0.2, 0) is 18.3 Å². The van der Waals surface area contributed by atoms with E-state index in [0.717, 1.165) is 0 Å². The van der Waals surface area contributed by atoms with Crippen LogP contribution in [0.4, 0.5) is 4.79 Å². The fraction of sp³-hybridized carbons (Fsp3) is 0.267. The standard InChI is InChI=1S/C15H16N4O3/c1-3-22-15(21)19-12-7-5-4-6-11(12)14(20)18(19)10-13-16-8-9-17(13)2/h4-9H,3,10H2,1-2H3. The Morgan fingerprint density at radius 3 is 2.77 bits per heavy atom. The Kier molecular flexibility index (Phi) is 3.54. The van der Waals surface area contributed by atoms with Gasteiger partial charge in [0, 0.05) is 19.4 Å². The molecule has 0 spiro atoms. The maximum absolute atomic E-state index is 12.6. The summed E-state index contributed by atoms with van der Waals surface area (Å²) in [4.78, 5) is 29.1. The molecule has 0 fully saturated rings. The molecule has 0 unspecified atom stereocenters. The van der Waals surface area contributed by atoms with Gasteiger partial charge in [-0.25, -0.2) is 14.5 Å². The van der Waals surface area contributed by atoms with E-state index in [2.05, 4.69) is 4.98 Å². The minimum atomic E-state index is -0.574. The summed E-state index contributed by atoms with van der Waals surface area (Å²) in [6.45, 7) is 2.16. The van der Waals surface area contributed by atoms with Crippen molar-refractivity contribution in [3.63, 3.8) is 0 Å². The van der Waals surface area contributed by atoms with Crippen LogP contribution in [0, 0.1) is 0 Å². The van der Waals surface area contributed by atoms with E-state index in [-0.39, 0.29) is 18.7 Å². The van der Waals surface area contributed by atoms with Gasteiger partial charge in [0.05, 0.1) is 17.5 Å². The van der Waals surface area contributed by atoms with Gasteiger partial charge < -0.3 is 9.30 Å². The first-order valence-corrected chi connectivity index (χ1v) is 6.97. The third kappa shape index (κ3) is 2.20. The van der Waals surface area contributed by atoms with Crippen LogP contribution < -0.4 is 5.56 Å². The highest BCUT2D eigenvalue weighted by Gasteiger charge is 2.20. The molecule has 0 aliphatic rings. The zero-order chi connectivity index (χ0) is 15.7. The van der Waals surface area contributed by atoms with E-state index in [9.17, 15) is 9.59 Å². The Morgan fingerprint density at radius 1 is 1.32 bits per heavy atom. The quantitative estimate of drug-likeness (QED) is 0.736. The predicted octanol–water partition coefficient (Wildman–Crippen LogP) is 1.59. The lowest BCUT2D eigenvalue weighted by molar-refractivity contribution is 0.147. The second-order valence-electron chi connectivity index (χ2n) is 4.85. The van der Waals surface area contributed by atoms with Gasteiger partial charge in [-0.2, -0.15) is 4.68 Å². The molecule has 7 nitrogen and oxygen atoms in total. The number of para-hydroxylation sites is 1. The number of fused-ring (bicyclic) bond motifs is 1. The molecule has 0 amide bonds. The van der Waals surface area contributed by atoms with E-state index in [1.165, 1.54) is 9.36 Å². The second-order valence-corrected chi connectivity index (χ2v) is 4.85. The van der Waals surface area contributed by atoms with Crippen LogP contribution >= 0.6 is 0 Å². The number of imidazole rings is 1. The Labute approximate surface area is 126 Å². The third-order valence-electron chi connectivity index (χ3n) is 3.49. The fourth-order valence-electron chi connectivity index (χ4n) is 2.41. The Morgan fingerprint density at radius 2 is 2.09 bits per heavy atom. The van der Waals surface area contributed by atoms with Crippen LogP contribution in [0.15, 0.2) is 41.5 Å². The largest absolute Gasteiger partial charge is 0.448 e. The van der Waals surface area contributed by atoms with Crippen molar-refractivity contribution in [3.05, 3.63) is 52.8 Å². The normalized spacial score (nSPS) is 11.0. The molecule has 0 aliphatic carbocycles. The van der Waals surface area contributed by atoms with Gasteiger partial charge in [-0.05, 0) is 19.1 Å². The maximum atomic E-state index is 12.6. The summed E-state index contributed by atoms with van der Waals surface area (Å²) in [5, 5.41) is 0.477. The molecule has 2 aromatic heterocycles. The molecule has 3 rings (SSSR count). The third-order valence-corrected chi connectivity index (χ3v) is 3.49. The minimum Gasteiger partial charge on any atom is -0.448 e. The van der Waals surface area contributed by atoms with Gasteiger partial charge in [0.2, 0.25) is 0 Å². The molecule has 114 valence electrons. The molecule has 0 aliphatic heterocycles. The summed E-state index contributed by atoms with van der Waals surface area (Å²) in [5.41, 5.74) is 0.284. The van der Waals surface area contributed by atoms with Crippen LogP contribution in [-0.4, -0.2) is 31.6 Å². The zero-order valence-corrected chi connectivity index (χ0v) is 12.4. The van der Waals surface area contributed by atoms with Crippen molar-refractivity contribution < 1.29 is 9.53 Å². The Bertz CT molecular complexity index is 888. The highest BCUT2D eigenvalue weighted by atomic mass is 16.6. The van der Waals surface area contributed by atoms with Crippen LogP contribution in [0.2, 0.25) is 0 Å². The molecule has 7 heteroatoms. The number of hydrogen-bond donors (Lipinski definition) is 0. The van der Waals surface area contributed by atoms with E-state index < -0.39 is 6.09 Å². The SMILES string of the molecule is CCOC(=O)n1c2ccccc2c(=O)n1Cc1nccn1C. The maximum Gasteiger partial charge on any atom is 0.433 e. The van der Waals surface area contributed by atoms with Gasteiger partial charge in [0.15, 0.2) is 0 Å². The van der Waals surface area contributed by atoms with Gasteiger partial charge in [-0.1, -0.05) is 12.1 Å². The van der Waals surface area contributed by atoms with Crippen molar-refractivity contribution in [1.29, 1.82) is 0 Å². The first kappa shape index (κ1) is 14.1.